The van der Waals surface area contributed by atoms with Crippen LogP contribution in [-0.2, 0) is 5.41 Å². The summed E-state index contributed by atoms with van der Waals surface area (Å²) >= 11 is 5.17. The van der Waals surface area contributed by atoms with Crippen LogP contribution in [0.1, 0.15) is 34.6 Å². The van der Waals surface area contributed by atoms with Gasteiger partial charge in [0.25, 0.3) is 5.91 Å². The smallest absolute Gasteiger partial charge is 0.251 e. The molecule has 0 atom stereocenters. The number of carbonyl (C=O) groups is 1. The zero-order chi connectivity index (χ0) is 14.8. The number of carbonyl (C=O) groups excluding carboxylic acids is 1. The van der Waals surface area contributed by atoms with Gasteiger partial charge in [0.15, 0.2) is 0 Å². The molecule has 1 amide bonds. The zero-order valence-electron chi connectivity index (χ0n) is 11.9. The largest absolute Gasteiger partial charge is 0.351 e. The van der Waals surface area contributed by atoms with E-state index >= 15 is 0 Å². The van der Waals surface area contributed by atoms with Gasteiger partial charge in [-0.05, 0) is 42.1 Å². The number of rotatable bonds is 4. The fraction of sp³-hybridized carbons (Fsp3) is 0.312. The van der Waals surface area contributed by atoms with Crippen LogP contribution in [0, 0.1) is 6.92 Å². The summed E-state index contributed by atoms with van der Waals surface area (Å²) in [5.74, 6) is -0.0229. The van der Waals surface area contributed by atoms with Crippen molar-refractivity contribution in [1.29, 1.82) is 0 Å². The van der Waals surface area contributed by atoms with E-state index in [1.165, 1.54) is 4.88 Å². The maximum absolute atomic E-state index is 12.2. The Labute approximate surface area is 132 Å². The number of thiophene rings is 1. The van der Waals surface area contributed by atoms with Gasteiger partial charge < -0.3 is 5.32 Å². The lowest BCUT2D eigenvalue weighted by Gasteiger charge is -2.23. The van der Waals surface area contributed by atoms with Crippen LogP contribution in [0.5, 0.6) is 0 Å². The second-order valence-electron chi connectivity index (χ2n) is 5.51. The summed E-state index contributed by atoms with van der Waals surface area (Å²) in [6, 6.07) is 9.80. The van der Waals surface area contributed by atoms with E-state index in [1.807, 2.05) is 31.2 Å². The predicted octanol–water partition coefficient (Wildman–Crippen LogP) is 4.53. The van der Waals surface area contributed by atoms with Crippen molar-refractivity contribution in [1.82, 2.24) is 5.32 Å². The Morgan fingerprint density at radius 1 is 1.35 bits per heavy atom. The van der Waals surface area contributed by atoms with E-state index < -0.39 is 0 Å². The third-order valence-corrected chi connectivity index (χ3v) is 5.42. The van der Waals surface area contributed by atoms with E-state index in [0.29, 0.717) is 12.1 Å². The lowest BCUT2D eigenvalue weighted by atomic mass is 9.91. The number of hydrogen-bond donors (Lipinski definition) is 1. The Bertz CT molecular complexity index is 605. The van der Waals surface area contributed by atoms with Crippen LogP contribution in [0.15, 0.2) is 40.2 Å². The fourth-order valence-corrected chi connectivity index (χ4v) is 3.04. The van der Waals surface area contributed by atoms with Crippen molar-refractivity contribution >= 4 is 33.2 Å². The molecule has 0 saturated carbocycles. The average Bonchev–Trinajstić information content (AvgIpc) is 2.94. The van der Waals surface area contributed by atoms with Gasteiger partial charge in [0, 0.05) is 26.9 Å². The second kappa shape index (κ2) is 6.10. The van der Waals surface area contributed by atoms with Crippen LogP contribution in [0.25, 0.3) is 0 Å². The molecule has 106 valence electrons. The van der Waals surface area contributed by atoms with Crippen molar-refractivity contribution in [2.45, 2.75) is 26.2 Å². The van der Waals surface area contributed by atoms with Crippen LogP contribution < -0.4 is 5.32 Å². The summed E-state index contributed by atoms with van der Waals surface area (Å²) in [6.07, 6.45) is 0. The van der Waals surface area contributed by atoms with Crippen LogP contribution in [0.2, 0.25) is 0 Å². The van der Waals surface area contributed by atoms with Crippen molar-refractivity contribution in [3.8, 4) is 0 Å². The molecule has 2 nitrogen and oxygen atoms in total. The first-order valence-corrected chi connectivity index (χ1v) is 8.16. The number of amides is 1. The zero-order valence-corrected chi connectivity index (χ0v) is 14.3. The van der Waals surface area contributed by atoms with E-state index in [0.717, 1.165) is 10.0 Å². The Morgan fingerprint density at radius 3 is 2.70 bits per heavy atom. The van der Waals surface area contributed by atoms with Crippen molar-refractivity contribution in [3.63, 3.8) is 0 Å². The molecular weight excluding hydrogens is 334 g/mol. The number of nitrogens with one attached hydrogen (secondary N) is 1. The van der Waals surface area contributed by atoms with Crippen LogP contribution >= 0.6 is 27.3 Å². The van der Waals surface area contributed by atoms with Crippen molar-refractivity contribution in [2.24, 2.45) is 0 Å². The topological polar surface area (TPSA) is 29.1 Å². The minimum atomic E-state index is -0.0474. The Balaban J connectivity index is 2.03. The highest BCUT2D eigenvalue weighted by atomic mass is 79.9. The quantitative estimate of drug-likeness (QED) is 0.861. The molecule has 0 bridgehead atoms. The molecule has 0 spiro atoms. The fourth-order valence-electron chi connectivity index (χ4n) is 1.94. The van der Waals surface area contributed by atoms with E-state index in [1.54, 1.807) is 11.3 Å². The first-order valence-electron chi connectivity index (χ1n) is 6.48. The number of aryl methyl sites for hydroxylation is 1. The molecule has 2 rings (SSSR count). The summed E-state index contributed by atoms with van der Waals surface area (Å²) in [6.45, 7) is 6.90. The van der Waals surface area contributed by atoms with Gasteiger partial charge in [0.2, 0.25) is 0 Å². The summed E-state index contributed by atoms with van der Waals surface area (Å²) in [5, 5.41) is 5.09. The summed E-state index contributed by atoms with van der Waals surface area (Å²) < 4.78 is 1.02. The highest BCUT2D eigenvalue weighted by Gasteiger charge is 2.22. The van der Waals surface area contributed by atoms with Gasteiger partial charge in [-0.25, -0.2) is 0 Å². The minimum Gasteiger partial charge on any atom is -0.351 e. The third-order valence-electron chi connectivity index (χ3n) is 3.30. The van der Waals surface area contributed by atoms with Gasteiger partial charge >= 0.3 is 0 Å². The van der Waals surface area contributed by atoms with E-state index in [-0.39, 0.29) is 11.3 Å². The van der Waals surface area contributed by atoms with Crippen molar-refractivity contribution < 1.29 is 4.79 Å². The van der Waals surface area contributed by atoms with Gasteiger partial charge in [0.1, 0.15) is 0 Å². The molecule has 0 aliphatic heterocycles. The molecule has 4 heteroatoms. The molecule has 1 aromatic carbocycles. The maximum Gasteiger partial charge on any atom is 0.251 e. The van der Waals surface area contributed by atoms with Gasteiger partial charge in [-0.1, -0.05) is 35.8 Å². The molecule has 20 heavy (non-hydrogen) atoms. The van der Waals surface area contributed by atoms with Crippen LogP contribution in [0.3, 0.4) is 0 Å². The molecule has 2 aromatic rings. The molecule has 0 radical (unpaired) electrons. The molecule has 0 unspecified atom stereocenters. The monoisotopic (exact) mass is 351 g/mol. The van der Waals surface area contributed by atoms with E-state index in [2.05, 4.69) is 46.5 Å². The molecule has 1 N–H and O–H groups in total. The second-order valence-corrected chi connectivity index (χ2v) is 7.31. The highest BCUT2D eigenvalue weighted by molar-refractivity contribution is 9.10. The summed E-state index contributed by atoms with van der Waals surface area (Å²) in [5.41, 5.74) is 1.72. The van der Waals surface area contributed by atoms with Gasteiger partial charge in [-0.15, -0.1) is 11.3 Å². The Morgan fingerprint density at radius 2 is 2.10 bits per heavy atom. The lowest BCUT2D eigenvalue weighted by Crippen LogP contribution is -2.36. The number of halogens is 1. The summed E-state index contributed by atoms with van der Waals surface area (Å²) in [7, 11) is 0. The molecule has 1 aromatic heterocycles. The van der Waals surface area contributed by atoms with E-state index in [9.17, 15) is 4.79 Å². The SMILES string of the molecule is Cc1cc(C(=O)NCC(C)(C)c2cccs2)ccc1Br. The highest BCUT2D eigenvalue weighted by Crippen LogP contribution is 2.26. The van der Waals surface area contributed by atoms with Crippen molar-refractivity contribution in [2.75, 3.05) is 6.54 Å². The average molecular weight is 352 g/mol. The van der Waals surface area contributed by atoms with Crippen LogP contribution in [-0.4, -0.2) is 12.5 Å². The summed E-state index contributed by atoms with van der Waals surface area (Å²) in [4.78, 5) is 13.5. The maximum atomic E-state index is 12.2. The lowest BCUT2D eigenvalue weighted by molar-refractivity contribution is 0.0946. The van der Waals surface area contributed by atoms with Gasteiger partial charge in [-0.3, -0.25) is 4.79 Å². The van der Waals surface area contributed by atoms with Crippen LogP contribution in [0.4, 0.5) is 0 Å². The first kappa shape index (κ1) is 15.3. The third kappa shape index (κ3) is 3.49. The molecule has 0 aliphatic carbocycles. The van der Waals surface area contributed by atoms with E-state index in [4.69, 9.17) is 0 Å². The molecule has 0 saturated heterocycles. The van der Waals surface area contributed by atoms with Crippen molar-refractivity contribution in [3.05, 3.63) is 56.2 Å². The molecular formula is C16H18BrNOS. The molecule has 1 heterocycles. The first-order chi connectivity index (χ1) is 9.40. The number of hydrogen-bond acceptors (Lipinski definition) is 2. The van der Waals surface area contributed by atoms with Gasteiger partial charge in [-0.2, -0.15) is 0 Å². The molecule has 0 aliphatic rings. The standard InChI is InChI=1S/C16H18BrNOS/c1-11-9-12(6-7-13(11)17)15(19)18-10-16(2,3)14-5-4-8-20-14/h4-9H,10H2,1-3H3,(H,18,19). The predicted molar refractivity (Wildman–Crippen MR) is 88.6 cm³/mol. The Kier molecular flexibility index (Phi) is 4.66. The minimum absolute atomic E-state index is 0.0229. The normalized spacial score (nSPS) is 11.4. The molecule has 0 fully saturated rings. The Hall–Kier alpha value is -1.13. The van der Waals surface area contributed by atoms with Gasteiger partial charge in [0.05, 0.1) is 0 Å². The number of benzene rings is 1.